The molecule has 0 fully saturated rings. The van der Waals surface area contributed by atoms with E-state index in [1.807, 2.05) is 32.9 Å². The van der Waals surface area contributed by atoms with Crippen LogP contribution in [0.25, 0.3) is 0 Å². The first-order chi connectivity index (χ1) is 13.6. The third-order valence-electron chi connectivity index (χ3n) is 5.01. The van der Waals surface area contributed by atoms with Crippen LogP contribution in [0.15, 0.2) is 36.4 Å². The number of hydrogen-bond acceptors (Lipinski definition) is 4. The molecule has 1 amide bonds. The third-order valence-corrected chi connectivity index (χ3v) is 6.42. The van der Waals surface area contributed by atoms with Crippen LogP contribution in [0.2, 0.25) is 5.02 Å². The number of fused-ring (bicyclic) bond motifs is 1. The van der Waals surface area contributed by atoms with E-state index in [2.05, 4.69) is 11.4 Å². The van der Waals surface area contributed by atoms with Crippen molar-refractivity contribution in [3.8, 4) is 5.75 Å². The van der Waals surface area contributed by atoms with Crippen molar-refractivity contribution in [1.29, 1.82) is 0 Å². The van der Waals surface area contributed by atoms with Crippen molar-refractivity contribution in [2.45, 2.75) is 39.3 Å². The van der Waals surface area contributed by atoms with Crippen molar-refractivity contribution in [2.24, 2.45) is 0 Å². The molecule has 3 rings (SSSR count). The Balaban J connectivity index is 1.84. The number of rotatable bonds is 4. The van der Waals surface area contributed by atoms with Gasteiger partial charge < -0.3 is 10.1 Å². The normalized spacial score (nSPS) is 17.7. The van der Waals surface area contributed by atoms with Gasteiger partial charge in [-0.1, -0.05) is 35.4 Å². The van der Waals surface area contributed by atoms with Gasteiger partial charge in [0.2, 0.25) is 10.0 Å². The molecule has 2 atom stereocenters. The Labute approximate surface area is 176 Å². The molecule has 1 N–H and O–H groups in total. The number of halogens is 1. The van der Waals surface area contributed by atoms with Crippen LogP contribution in [0.3, 0.4) is 0 Å². The fourth-order valence-corrected chi connectivity index (χ4v) is 4.60. The molecule has 1 aliphatic heterocycles. The highest BCUT2D eigenvalue weighted by atomic mass is 35.5. The lowest BCUT2D eigenvalue weighted by molar-refractivity contribution is -0.128. The Morgan fingerprint density at radius 3 is 2.66 bits per heavy atom. The lowest BCUT2D eigenvalue weighted by atomic mass is 10.00. The average Bonchev–Trinajstić information content (AvgIpc) is 2.82. The maximum Gasteiger partial charge on any atom is 0.261 e. The molecule has 1 heterocycles. The summed E-state index contributed by atoms with van der Waals surface area (Å²) in [5.41, 5.74) is 3.59. The maximum absolute atomic E-state index is 12.9. The lowest BCUT2D eigenvalue weighted by Crippen LogP contribution is -2.41. The largest absolute Gasteiger partial charge is 0.478 e. The minimum Gasteiger partial charge on any atom is -0.478 e. The van der Waals surface area contributed by atoms with E-state index in [1.165, 1.54) is 10.4 Å². The van der Waals surface area contributed by atoms with Gasteiger partial charge in [0, 0.05) is 18.0 Å². The number of sulfonamides is 1. The Bertz CT molecular complexity index is 1040. The number of hydrogen-bond donors (Lipinski definition) is 1. The lowest BCUT2D eigenvalue weighted by Gasteiger charge is -2.21. The highest BCUT2D eigenvalue weighted by Crippen LogP contribution is 2.36. The highest BCUT2D eigenvalue weighted by Gasteiger charge is 2.32. The zero-order valence-electron chi connectivity index (χ0n) is 16.9. The summed E-state index contributed by atoms with van der Waals surface area (Å²) in [4.78, 5) is 12.9. The number of benzene rings is 2. The Morgan fingerprint density at radius 1 is 1.24 bits per heavy atom. The summed E-state index contributed by atoms with van der Waals surface area (Å²) in [5.74, 6) is 0.0338. The fraction of sp³-hybridized carbons (Fsp3) is 0.381. The first kappa shape index (κ1) is 21.5. The van der Waals surface area contributed by atoms with Crippen LogP contribution in [-0.2, 0) is 14.8 Å². The van der Waals surface area contributed by atoms with Crippen LogP contribution in [0.4, 0.5) is 5.69 Å². The van der Waals surface area contributed by atoms with Gasteiger partial charge in [-0.05, 0) is 50.1 Å². The second-order valence-electron chi connectivity index (χ2n) is 7.43. The van der Waals surface area contributed by atoms with Gasteiger partial charge in [0.25, 0.3) is 5.91 Å². The second-order valence-corrected chi connectivity index (χ2v) is 9.78. The predicted octanol–water partition coefficient (Wildman–Crippen LogP) is 3.75. The summed E-state index contributed by atoms with van der Waals surface area (Å²) in [5, 5.41) is 3.40. The molecule has 156 valence electrons. The number of carbonyl (C=O) groups is 1. The topological polar surface area (TPSA) is 75.7 Å². The van der Waals surface area contributed by atoms with E-state index >= 15 is 0 Å². The minimum atomic E-state index is -3.54. The highest BCUT2D eigenvalue weighted by molar-refractivity contribution is 7.92. The van der Waals surface area contributed by atoms with Crippen LogP contribution in [0.5, 0.6) is 5.75 Å². The molecule has 0 aromatic heterocycles. The molecule has 2 aromatic rings. The molecule has 0 radical (unpaired) electrons. The molecule has 8 heteroatoms. The molecular weight excluding hydrogens is 412 g/mol. The molecule has 29 heavy (non-hydrogen) atoms. The smallest absolute Gasteiger partial charge is 0.261 e. The number of nitrogens with zero attached hydrogens (tertiary/aromatic N) is 1. The van der Waals surface area contributed by atoms with Crippen LogP contribution in [0, 0.1) is 13.8 Å². The standard InChI is InChI=1S/C21H25ClN2O4S/c1-13-5-6-14(2)17(11-13)15(3)23-21(25)20-9-10-24(29(4,26)27)18-12-16(22)7-8-19(18)28-20/h5-8,11-12,15,20H,9-10H2,1-4H3,(H,23,25). The van der Waals surface area contributed by atoms with Crippen molar-refractivity contribution in [2.75, 3.05) is 17.1 Å². The van der Waals surface area contributed by atoms with Gasteiger partial charge in [0.05, 0.1) is 18.0 Å². The van der Waals surface area contributed by atoms with Crippen molar-refractivity contribution >= 4 is 33.2 Å². The summed E-state index contributed by atoms with van der Waals surface area (Å²) in [6.07, 6.45) is 0.542. The Kier molecular flexibility index (Phi) is 6.10. The van der Waals surface area contributed by atoms with E-state index in [0.717, 1.165) is 22.9 Å². The van der Waals surface area contributed by atoms with Crippen molar-refractivity contribution in [3.05, 3.63) is 58.1 Å². The second kappa shape index (κ2) is 8.24. The van der Waals surface area contributed by atoms with Gasteiger partial charge in [-0.25, -0.2) is 8.42 Å². The van der Waals surface area contributed by atoms with E-state index in [4.69, 9.17) is 16.3 Å². The van der Waals surface area contributed by atoms with Gasteiger partial charge >= 0.3 is 0 Å². The number of aryl methyl sites for hydroxylation is 2. The van der Waals surface area contributed by atoms with E-state index in [-0.39, 0.29) is 24.9 Å². The molecule has 2 aromatic carbocycles. The van der Waals surface area contributed by atoms with Gasteiger partial charge in [0.1, 0.15) is 5.75 Å². The Morgan fingerprint density at radius 2 is 1.97 bits per heavy atom. The van der Waals surface area contributed by atoms with Gasteiger partial charge in [-0.2, -0.15) is 0 Å². The molecular formula is C21H25ClN2O4S. The third kappa shape index (κ3) is 4.85. The van der Waals surface area contributed by atoms with Crippen LogP contribution in [-0.4, -0.2) is 33.2 Å². The molecule has 0 aliphatic carbocycles. The molecule has 0 saturated carbocycles. The predicted molar refractivity (Wildman–Crippen MR) is 115 cm³/mol. The maximum atomic E-state index is 12.9. The molecule has 1 aliphatic rings. The van der Waals surface area contributed by atoms with Crippen molar-refractivity contribution in [3.63, 3.8) is 0 Å². The summed E-state index contributed by atoms with van der Waals surface area (Å²) in [6.45, 7) is 6.06. The fourth-order valence-electron chi connectivity index (χ4n) is 3.49. The number of ether oxygens (including phenoxy) is 1. The molecule has 6 nitrogen and oxygen atoms in total. The Hall–Kier alpha value is -2.25. The quantitative estimate of drug-likeness (QED) is 0.791. The monoisotopic (exact) mass is 436 g/mol. The SMILES string of the molecule is Cc1ccc(C)c(C(C)NC(=O)C2CCN(S(C)(=O)=O)c3cc(Cl)ccc3O2)c1. The average molecular weight is 437 g/mol. The van der Waals surface area contributed by atoms with E-state index in [1.54, 1.807) is 12.1 Å². The number of amides is 1. The number of nitrogens with one attached hydrogen (secondary N) is 1. The van der Waals surface area contributed by atoms with Gasteiger partial charge in [-0.3, -0.25) is 9.10 Å². The van der Waals surface area contributed by atoms with Crippen LogP contribution in [0.1, 0.15) is 36.1 Å². The number of carbonyl (C=O) groups excluding carboxylic acids is 1. The summed E-state index contributed by atoms with van der Waals surface area (Å²) in [7, 11) is -3.54. The van der Waals surface area contributed by atoms with Crippen molar-refractivity contribution < 1.29 is 17.9 Å². The summed E-state index contributed by atoms with van der Waals surface area (Å²) >= 11 is 6.05. The van der Waals surface area contributed by atoms with E-state index in [9.17, 15) is 13.2 Å². The van der Waals surface area contributed by atoms with E-state index < -0.39 is 16.1 Å². The minimum absolute atomic E-state index is 0.127. The van der Waals surface area contributed by atoms with Crippen LogP contribution >= 0.6 is 11.6 Å². The molecule has 0 bridgehead atoms. The molecule has 0 spiro atoms. The zero-order chi connectivity index (χ0) is 21.3. The first-order valence-corrected chi connectivity index (χ1v) is 11.6. The zero-order valence-corrected chi connectivity index (χ0v) is 18.5. The molecule has 0 saturated heterocycles. The summed E-state index contributed by atoms with van der Waals surface area (Å²) < 4.78 is 31.6. The molecule has 2 unspecified atom stereocenters. The van der Waals surface area contributed by atoms with E-state index in [0.29, 0.717) is 16.5 Å². The van der Waals surface area contributed by atoms with Crippen LogP contribution < -0.4 is 14.4 Å². The van der Waals surface area contributed by atoms with Gasteiger partial charge in [-0.15, -0.1) is 0 Å². The summed E-state index contributed by atoms with van der Waals surface area (Å²) in [6, 6.07) is 10.6. The first-order valence-electron chi connectivity index (χ1n) is 9.37. The van der Waals surface area contributed by atoms with Gasteiger partial charge in [0.15, 0.2) is 6.10 Å². The number of anilines is 1. The van der Waals surface area contributed by atoms with Crippen molar-refractivity contribution in [1.82, 2.24) is 5.32 Å².